The number of hydrogen-bond donors (Lipinski definition) is 1. The molecule has 0 heterocycles. The lowest BCUT2D eigenvalue weighted by atomic mass is 10.1. The van der Waals surface area contributed by atoms with Gasteiger partial charge in [0.2, 0.25) is 0 Å². The highest BCUT2D eigenvalue weighted by atomic mass is 32.2. The molecule has 0 aliphatic rings. The Bertz CT molecular complexity index is 1100. The van der Waals surface area contributed by atoms with Crippen molar-refractivity contribution in [1.82, 2.24) is 0 Å². The van der Waals surface area contributed by atoms with Crippen molar-refractivity contribution >= 4 is 16.9 Å². The number of aryl methyl sites for hydroxylation is 1. The Hall–Kier alpha value is -3.50. The summed E-state index contributed by atoms with van der Waals surface area (Å²) < 4.78 is 0. The van der Waals surface area contributed by atoms with Crippen molar-refractivity contribution < 1.29 is 15.0 Å². The molecule has 0 atom stereocenters. The van der Waals surface area contributed by atoms with Crippen molar-refractivity contribution in [2.24, 2.45) is 0 Å². The molecule has 0 unspecified atom stereocenters. The van der Waals surface area contributed by atoms with E-state index in [2.05, 4.69) is 91.9 Å². The van der Waals surface area contributed by atoms with Crippen LogP contribution in [0.25, 0.3) is 0 Å². The predicted octanol–water partition coefficient (Wildman–Crippen LogP) is 6.97. The van der Waals surface area contributed by atoms with Gasteiger partial charge in [0.1, 0.15) is 0 Å². The fourth-order valence-electron chi connectivity index (χ4n) is 3.54. The molecule has 0 bridgehead atoms. The van der Waals surface area contributed by atoms with Gasteiger partial charge >= 0.3 is 5.97 Å². The molecule has 1 N–H and O–H groups in total. The highest BCUT2D eigenvalue weighted by Gasteiger charge is 2.27. The summed E-state index contributed by atoms with van der Waals surface area (Å²) in [5, 5.41) is 19.0. The minimum atomic E-state index is -1.18. The average molecular weight is 471 g/mol. The van der Waals surface area contributed by atoms with Gasteiger partial charge in [0.25, 0.3) is 0 Å². The van der Waals surface area contributed by atoms with Crippen LogP contribution in [-0.2, 0) is 17.3 Å². The van der Waals surface area contributed by atoms with E-state index in [4.69, 9.17) is 5.11 Å². The van der Waals surface area contributed by atoms with Crippen LogP contribution in [0.3, 0.4) is 0 Å². The molecule has 0 aromatic heterocycles. The molecule has 34 heavy (non-hydrogen) atoms. The molecule has 4 aromatic carbocycles. The Balaban J connectivity index is 0.000000271. The molecule has 3 nitrogen and oxygen atoms in total. The van der Waals surface area contributed by atoms with Crippen molar-refractivity contribution in [2.75, 3.05) is 0 Å². The average Bonchev–Trinajstić information content (AvgIpc) is 2.87. The summed E-state index contributed by atoms with van der Waals surface area (Å²) in [6.07, 6.45) is 5.08. The van der Waals surface area contributed by atoms with Crippen LogP contribution in [-0.4, -0.2) is 11.1 Å². The van der Waals surface area contributed by atoms with Crippen molar-refractivity contribution in [1.29, 1.82) is 0 Å². The smallest absolute Gasteiger partial charge is 0.335 e. The van der Waals surface area contributed by atoms with Crippen LogP contribution in [0.4, 0.5) is 0 Å². The number of carbonyl (C=O) groups is 1. The van der Waals surface area contributed by atoms with E-state index in [1.54, 1.807) is 0 Å². The van der Waals surface area contributed by atoms with Crippen LogP contribution in [0.2, 0.25) is 0 Å². The van der Waals surface area contributed by atoms with Gasteiger partial charge in [0, 0.05) is 0 Å². The van der Waals surface area contributed by atoms with E-state index in [9.17, 15) is 9.90 Å². The first kappa shape index (κ1) is 25.1. The number of hydrogen-bond acceptors (Lipinski definition) is 2. The third-order valence-corrected chi connectivity index (χ3v) is 7.53. The second kappa shape index (κ2) is 13.3. The first-order valence-corrected chi connectivity index (χ1v) is 12.7. The van der Waals surface area contributed by atoms with Crippen molar-refractivity contribution in [3.8, 4) is 5.75 Å². The third-order valence-electron chi connectivity index (χ3n) is 5.30. The number of benzene rings is 4. The lowest BCUT2D eigenvalue weighted by Crippen LogP contribution is -2.04. The topological polar surface area (TPSA) is 60.4 Å². The van der Waals surface area contributed by atoms with E-state index in [1.165, 1.54) is 70.2 Å². The van der Waals surface area contributed by atoms with Gasteiger partial charge in [-0.3, -0.25) is 0 Å². The summed E-state index contributed by atoms with van der Waals surface area (Å²) >= 11 is 0. The Morgan fingerprint density at radius 3 is 1.68 bits per heavy atom. The summed E-state index contributed by atoms with van der Waals surface area (Å²) in [7, 11) is -0.0302. The zero-order valence-corrected chi connectivity index (χ0v) is 20.2. The van der Waals surface area contributed by atoms with Gasteiger partial charge in [-0.2, -0.15) is 0 Å². The second-order valence-electron chi connectivity index (χ2n) is 7.83. The molecule has 0 radical (unpaired) electrons. The fraction of sp³-hybridized carbons (Fsp3) is 0.167. The molecule has 4 rings (SSSR count). The highest BCUT2D eigenvalue weighted by molar-refractivity contribution is 7.97. The molecule has 0 aliphatic heterocycles. The van der Waals surface area contributed by atoms with Crippen LogP contribution in [0.15, 0.2) is 124 Å². The lowest BCUT2D eigenvalue weighted by molar-refractivity contribution is -0.268. The maximum atomic E-state index is 10.7. The minimum absolute atomic E-state index is 0.0302. The van der Waals surface area contributed by atoms with Gasteiger partial charge in [-0.25, -0.2) is 4.79 Å². The second-order valence-corrected chi connectivity index (χ2v) is 9.86. The van der Waals surface area contributed by atoms with E-state index in [1.807, 2.05) is 0 Å². The summed E-state index contributed by atoms with van der Waals surface area (Å²) in [6.45, 7) is 2.26. The summed E-state index contributed by atoms with van der Waals surface area (Å²) in [5.41, 5.74) is 1.28. The Morgan fingerprint density at radius 2 is 1.21 bits per heavy atom. The first-order valence-electron chi connectivity index (χ1n) is 11.5. The Kier molecular flexibility index (Phi) is 9.80. The number of unbranched alkanes of at least 4 members (excludes halogenated alkanes) is 2. The zero-order valence-electron chi connectivity index (χ0n) is 19.4. The van der Waals surface area contributed by atoms with Crippen LogP contribution in [0, 0.1) is 0 Å². The minimum Gasteiger partial charge on any atom is -0.872 e. The fourth-order valence-corrected chi connectivity index (χ4v) is 5.62. The standard InChI is InChI=1S/C23H25S.C7H6O3/c1-2-3-6-11-20-16-18-23(19-17-20)24(21-12-7-4-8-13-21)22-14-9-5-10-15-22;8-6-4-2-1-3-5(6)7(9)10/h4-5,7-10,12-19H,2-3,6,11H2,1H3;1-4,8H,(H,9,10)/q+1;/p-1. The number of para-hydroxylation sites is 1. The molecule has 4 heteroatoms. The van der Waals surface area contributed by atoms with Gasteiger partial charge in [-0.05, 0) is 60.9 Å². The Labute approximate surface area is 205 Å². The van der Waals surface area contributed by atoms with Gasteiger partial charge in [-0.15, -0.1) is 0 Å². The van der Waals surface area contributed by atoms with Crippen molar-refractivity contribution in [3.63, 3.8) is 0 Å². The number of carboxylic acids is 1. The van der Waals surface area contributed by atoms with Gasteiger partial charge in [0.15, 0.2) is 14.7 Å². The van der Waals surface area contributed by atoms with Gasteiger partial charge in [-0.1, -0.05) is 92.2 Å². The van der Waals surface area contributed by atoms with Crippen molar-refractivity contribution in [2.45, 2.75) is 47.3 Å². The van der Waals surface area contributed by atoms with Gasteiger partial charge in [0.05, 0.1) is 16.5 Å². The molecule has 4 aromatic rings. The SMILES string of the molecule is CCCCCc1ccc([S+](c2ccccc2)c2ccccc2)cc1.O=C(O)c1ccccc1[O-]. The maximum Gasteiger partial charge on any atom is 0.335 e. The normalized spacial score (nSPS) is 10.4. The van der Waals surface area contributed by atoms with E-state index >= 15 is 0 Å². The van der Waals surface area contributed by atoms with Crippen molar-refractivity contribution in [3.05, 3.63) is 120 Å². The molecular formula is C30H30O3S. The lowest BCUT2D eigenvalue weighted by Gasteiger charge is -2.08. The van der Waals surface area contributed by atoms with Gasteiger partial charge < -0.3 is 10.2 Å². The summed E-state index contributed by atoms with van der Waals surface area (Å²) in [6, 6.07) is 36.5. The molecular weight excluding hydrogens is 440 g/mol. The monoisotopic (exact) mass is 470 g/mol. The number of carboxylic acid groups (broad SMARTS) is 1. The molecule has 0 aliphatic carbocycles. The molecule has 0 saturated heterocycles. The summed E-state index contributed by atoms with van der Waals surface area (Å²) in [4.78, 5) is 14.4. The molecule has 174 valence electrons. The van der Waals surface area contributed by atoms with E-state index < -0.39 is 11.7 Å². The van der Waals surface area contributed by atoms with Crippen LogP contribution >= 0.6 is 0 Å². The number of rotatable bonds is 8. The largest absolute Gasteiger partial charge is 0.872 e. The Morgan fingerprint density at radius 1 is 0.706 bits per heavy atom. The molecule has 0 spiro atoms. The molecule has 0 fully saturated rings. The van der Waals surface area contributed by atoms with Crippen LogP contribution in [0.5, 0.6) is 5.75 Å². The van der Waals surface area contributed by atoms with E-state index in [-0.39, 0.29) is 16.5 Å². The highest BCUT2D eigenvalue weighted by Crippen LogP contribution is 2.31. The third kappa shape index (κ3) is 7.26. The predicted molar refractivity (Wildman–Crippen MR) is 138 cm³/mol. The quantitative estimate of drug-likeness (QED) is 0.223. The zero-order chi connectivity index (χ0) is 24.2. The molecule has 0 amide bonds. The summed E-state index contributed by atoms with van der Waals surface area (Å²) in [5.74, 6) is -1.62. The maximum absolute atomic E-state index is 10.7. The first-order chi connectivity index (χ1) is 16.6. The molecule has 0 saturated carbocycles. The van der Waals surface area contributed by atoms with E-state index in [0.717, 1.165) is 0 Å². The number of aromatic carboxylic acids is 1. The van der Waals surface area contributed by atoms with E-state index in [0.29, 0.717) is 0 Å². The van der Waals surface area contributed by atoms with Crippen LogP contribution in [0.1, 0.15) is 42.1 Å². The van der Waals surface area contributed by atoms with Crippen LogP contribution < -0.4 is 5.11 Å².